The number of ether oxygens (including phenoxy) is 1. The minimum Gasteiger partial charge on any atom is -0.550 e. The highest BCUT2D eigenvalue weighted by Gasteiger charge is 2.17. The first-order valence-electron chi connectivity index (χ1n) is 7.07. The van der Waals surface area contributed by atoms with E-state index in [1.807, 2.05) is 0 Å². The van der Waals surface area contributed by atoms with E-state index >= 15 is 0 Å². The van der Waals surface area contributed by atoms with Crippen molar-refractivity contribution >= 4 is 12.0 Å². The smallest absolute Gasteiger partial charge is 0.312 e. The molecule has 1 aliphatic carbocycles. The topological polar surface area (TPSA) is 104 Å². The van der Waals surface area contributed by atoms with Crippen LogP contribution in [0.4, 0.5) is 4.79 Å². The predicted molar refractivity (Wildman–Crippen MR) is 74.4 cm³/mol. The minimum absolute atomic E-state index is 0.263. The Kier molecular flexibility index (Phi) is 5.03. The molecular formula is C15H19N2O4-. The van der Waals surface area contributed by atoms with E-state index in [0.29, 0.717) is 5.56 Å². The van der Waals surface area contributed by atoms with Crippen molar-refractivity contribution in [3.63, 3.8) is 0 Å². The van der Waals surface area contributed by atoms with Crippen molar-refractivity contribution in [1.82, 2.24) is 5.32 Å². The van der Waals surface area contributed by atoms with Crippen LogP contribution in [0.1, 0.15) is 43.7 Å². The normalized spacial score (nSPS) is 16.4. The maximum atomic E-state index is 10.9. The summed E-state index contributed by atoms with van der Waals surface area (Å²) in [6.45, 7) is 0. The number of aliphatic carboxylic acids is 1. The molecule has 1 aliphatic rings. The molecule has 0 unspecified atom stereocenters. The van der Waals surface area contributed by atoms with E-state index in [9.17, 15) is 14.7 Å². The summed E-state index contributed by atoms with van der Waals surface area (Å²) in [5.41, 5.74) is 5.71. The molecule has 3 N–H and O–H groups in total. The van der Waals surface area contributed by atoms with Crippen molar-refractivity contribution < 1.29 is 19.4 Å². The van der Waals surface area contributed by atoms with Crippen molar-refractivity contribution in [2.75, 3.05) is 0 Å². The Morgan fingerprint density at radius 2 is 1.90 bits per heavy atom. The third kappa shape index (κ3) is 4.66. The van der Waals surface area contributed by atoms with Crippen LogP contribution in [0.3, 0.4) is 0 Å². The standard InChI is InChI=1S/C15H20N2O4/c16-15(20)17-13(9-14(18)19)10-5-7-12(8-6-10)21-11-3-1-2-4-11/h5-8,11,13H,1-4,9H2,(H,18,19)(H3,16,17,20)/p-1/t13-/m0/s1. The van der Waals surface area contributed by atoms with Crippen LogP contribution < -0.4 is 20.9 Å². The first-order valence-corrected chi connectivity index (χ1v) is 7.07. The van der Waals surface area contributed by atoms with Gasteiger partial charge in [-0.2, -0.15) is 0 Å². The lowest BCUT2D eigenvalue weighted by Crippen LogP contribution is -2.37. The molecule has 0 aliphatic heterocycles. The second-order valence-corrected chi connectivity index (χ2v) is 5.23. The zero-order valence-electron chi connectivity index (χ0n) is 11.7. The Morgan fingerprint density at radius 3 is 2.43 bits per heavy atom. The Morgan fingerprint density at radius 1 is 1.29 bits per heavy atom. The summed E-state index contributed by atoms with van der Waals surface area (Å²) >= 11 is 0. The SMILES string of the molecule is NC(=O)N[C@@H](CC(=O)[O-])c1ccc(OC2CCCC2)cc1. The highest BCUT2D eigenvalue weighted by Crippen LogP contribution is 2.25. The number of rotatable bonds is 6. The molecule has 2 amide bonds. The van der Waals surface area contributed by atoms with Gasteiger partial charge in [-0.25, -0.2) is 4.79 Å². The van der Waals surface area contributed by atoms with E-state index in [0.717, 1.165) is 18.6 Å². The fourth-order valence-corrected chi connectivity index (χ4v) is 2.57. The second-order valence-electron chi connectivity index (χ2n) is 5.23. The van der Waals surface area contributed by atoms with E-state index in [1.165, 1.54) is 12.8 Å². The molecule has 6 heteroatoms. The molecule has 114 valence electrons. The number of carboxylic acid groups (broad SMARTS) is 1. The largest absolute Gasteiger partial charge is 0.550 e. The van der Waals surface area contributed by atoms with Gasteiger partial charge in [0.05, 0.1) is 12.1 Å². The Hall–Kier alpha value is -2.24. The summed E-state index contributed by atoms with van der Waals surface area (Å²) < 4.78 is 5.83. The number of primary amides is 1. The molecule has 1 saturated carbocycles. The molecule has 0 radical (unpaired) electrons. The predicted octanol–water partition coefficient (Wildman–Crippen LogP) is 0.857. The maximum absolute atomic E-state index is 10.9. The van der Waals surface area contributed by atoms with Crippen LogP contribution in [0.5, 0.6) is 5.75 Å². The van der Waals surface area contributed by atoms with Crippen LogP contribution in [0.2, 0.25) is 0 Å². The van der Waals surface area contributed by atoms with Crippen molar-refractivity contribution in [1.29, 1.82) is 0 Å². The lowest BCUT2D eigenvalue weighted by molar-refractivity contribution is -0.306. The monoisotopic (exact) mass is 291 g/mol. The highest BCUT2D eigenvalue weighted by molar-refractivity contribution is 5.74. The Bertz CT molecular complexity index is 479. The molecule has 0 saturated heterocycles. The van der Waals surface area contributed by atoms with Crippen LogP contribution in [-0.2, 0) is 4.79 Å². The zero-order chi connectivity index (χ0) is 15.2. The molecule has 1 aromatic carbocycles. The fourth-order valence-electron chi connectivity index (χ4n) is 2.57. The van der Waals surface area contributed by atoms with Gasteiger partial charge < -0.3 is 25.7 Å². The van der Waals surface area contributed by atoms with Gasteiger partial charge in [0.15, 0.2) is 0 Å². The maximum Gasteiger partial charge on any atom is 0.312 e. The molecule has 0 heterocycles. The minimum atomic E-state index is -1.25. The van der Waals surface area contributed by atoms with Crippen LogP contribution in [0.25, 0.3) is 0 Å². The summed E-state index contributed by atoms with van der Waals surface area (Å²) in [6.07, 6.45) is 4.46. The number of nitrogens with two attached hydrogens (primary N) is 1. The van der Waals surface area contributed by atoms with Gasteiger partial charge >= 0.3 is 6.03 Å². The third-order valence-electron chi connectivity index (χ3n) is 3.57. The van der Waals surface area contributed by atoms with E-state index in [1.54, 1.807) is 24.3 Å². The molecular weight excluding hydrogens is 272 g/mol. The number of urea groups is 1. The fraction of sp³-hybridized carbons (Fsp3) is 0.467. The third-order valence-corrected chi connectivity index (χ3v) is 3.57. The Labute approximate surface area is 123 Å². The molecule has 2 rings (SSSR count). The van der Waals surface area contributed by atoms with Crippen molar-refractivity contribution in [3.8, 4) is 5.75 Å². The average Bonchev–Trinajstić information content (AvgIpc) is 2.90. The summed E-state index contributed by atoms with van der Waals surface area (Å²) in [7, 11) is 0. The lowest BCUT2D eigenvalue weighted by Gasteiger charge is -2.19. The van der Waals surface area contributed by atoms with Crippen LogP contribution >= 0.6 is 0 Å². The van der Waals surface area contributed by atoms with Gasteiger partial charge in [0.1, 0.15) is 5.75 Å². The molecule has 0 spiro atoms. The van der Waals surface area contributed by atoms with Crippen LogP contribution in [0.15, 0.2) is 24.3 Å². The molecule has 6 nitrogen and oxygen atoms in total. The summed E-state index contributed by atoms with van der Waals surface area (Å²) in [5.74, 6) is -0.503. The van der Waals surface area contributed by atoms with Crippen molar-refractivity contribution in [3.05, 3.63) is 29.8 Å². The first kappa shape index (κ1) is 15.2. The van der Waals surface area contributed by atoms with Gasteiger partial charge in [-0.05, 0) is 43.4 Å². The van der Waals surface area contributed by atoms with Crippen molar-refractivity contribution in [2.45, 2.75) is 44.2 Å². The summed E-state index contributed by atoms with van der Waals surface area (Å²) in [6, 6.07) is 5.54. The second kappa shape index (κ2) is 6.97. The van der Waals surface area contributed by atoms with Crippen LogP contribution in [0, 0.1) is 0 Å². The summed E-state index contributed by atoms with van der Waals surface area (Å²) in [4.78, 5) is 21.7. The number of hydrogen-bond donors (Lipinski definition) is 2. The van der Waals surface area contributed by atoms with E-state index in [4.69, 9.17) is 10.5 Å². The van der Waals surface area contributed by atoms with Gasteiger partial charge in [-0.3, -0.25) is 0 Å². The molecule has 1 atom stereocenters. The number of amides is 2. The quantitative estimate of drug-likeness (QED) is 0.810. The van der Waals surface area contributed by atoms with Crippen LogP contribution in [-0.4, -0.2) is 18.1 Å². The van der Waals surface area contributed by atoms with Gasteiger partial charge in [0.25, 0.3) is 0 Å². The molecule has 1 fully saturated rings. The number of carbonyl (C=O) groups excluding carboxylic acids is 2. The number of benzene rings is 1. The van der Waals surface area contributed by atoms with E-state index in [-0.39, 0.29) is 12.5 Å². The van der Waals surface area contributed by atoms with Gasteiger partial charge in [-0.15, -0.1) is 0 Å². The molecule has 1 aromatic rings. The highest BCUT2D eigenvalue weighted by atomic mass is 16.5. The number of carboxylic acids is 1. The average molecular weight is 291 g/mol. The van der Waals surface area contributed by atoms with Gasteiger partial charge in [-0.1, -0.05) is 12.1 Å². The van der Waals surface area contributed by atoms with E-state index < -0.39 is 18.0 Å². The summed E-state index contributed by atoms with van der Waals surface area (Å²) in [5, 5.41) is 13.1. The first-order chi connectivity index (χ1) is 10.0. The van der Waals surface area contributed by atoms with Gasteiger partial charge in [0, 0.05) is 12.4 Å². The molecule has 0 bridgehead atoms. The zero-order valence-corrected chi connectivity index (χ0v) is 11.7. The molecule has 0 aromatic heterocycles. The molecule has 21 heavy (non-hydrogen) atoms. The van der Waals surface area contributed by atoms with Gasteiger partial charge in [0.2, 0.25) is 0 Å². The Balaban J connectivity index is 2.03. The number of nitrogens with one attached hydrogen (secondary N) is 1. The number of hydrogen-bond acceptors (Lipinski definition) is 4. The number of carbonyl (C=O) groups is 2. The van der Waals surface area contributed by atoms with E-state index in [2.05, 4.69) is 5.32 Å². The van der Waals surface area contributed by atoms with Crippen molar-refractivity contribution in [2.24, 2.45) is 5.73 Å². The lowest BCUT2D eigenvalue weighted by atomic mass is 10.0.